The number of benzene rings is 1. The fourth-order valence-corrected chi connectivity index (χ4v) is 4.13. The Bertz CT molecular complexity index is 1420. The normalized spacial score (nSPS) is 10.5. The lowest BCUT2D eigenvalue weighted by molar-refractivity contribution is -0.124. The van der Waals surface area contributed by atoms with Crippen molar-refractivity contribution in [1.29, 1.82) is 0 Å². The van der Waals surface area contributed by atoms with E-state index in [4.69, 9.17) is 28.4 Å². The molecule has 0 aliphatic heterocycles. The molecule has 0 fully saturated rings. The molecule has 0 bridgehead atoms. The molecule has 1 aromatic carbocycles. The lowest BCUT2D eigenvalue weighted by atomic mass is 10.2. The van der Waals surface area contributed by atoms with E-state index in [1.54, 1.807) is 11.6 Å². The number of Topliss-reactive ketones (excluding diaryl/α,β-unsaturated/α-hetero) is 1. The van der Waals surface area contributed by atoms with Gasteiger partial charge in [0.25, 0.3) is 0 Å². The second-order valence-electron chi connectivity index (χ2n) is 14.0. The van der Waals surface area contributed by atoms with Gasteiger partial charge in [-0.3, -0.25) is 19.2 Å². The number of aromatic nitrogens is 3. The summed E-state index contributed by atoms with van der Waals surface area (Å²) in [4.78, 5) is 54.9. The number of ether oxygens (including phenoxy) is 6. The van der Waals surface area contributed by atoms with Crippen LogP contribution in [0.4, 0.5) is 5.69 Å². The van der Waals surface area contributed by atoms with Gasteiger partial charge in [0.2, 0.25) is 23.6 Å². The van der Waals surface area contributed by atoms with E-state index in [0.717, 1.165) is 16.9 Å². The number of carbonyl (C=O) groups is 5. The second-order valence-corrected chi connectivity index (χ2v) is 14.0. The van der Waals surface area contributed by atoms with Crippen molar-refractivity contribution in [2.75, 3.05) is 64.8 Å². The largest absolute Gasteiger partial charge is 0.381 e. The molecule has 0 aliphatic rings. The molecule has 344 valence electrons. The Hall–Kier alpha value is -4.33. The molecule has 18 nitrogen and oxygen atoms in total. The van der Waals surface area contributed by atoms with Crippen LogP contribution in [-0.4, -0.2) is 122 Å². The van der Waals surface area contributed by atoms with E-state index in [9.17, 15) is 24.0 Å². The number of carbonyl (C=O) groups excluding carboxylic acids is 5. The number of hydrogen-bond donors (Lipinski definition) is 4. The van der Waals surface area contributed by atoms with E-state index in [2.05, 4.69) is 31.6 Å². The number of amides is 4. The fraction of sp³-hybridized carbons (Fsp3) is 0.690. The van der Waals surface area contributed by atoms with Crippen LogP contribution in [0.3, 0.4) is 0 Å². The van der Waals surface area contributed by atoms with E-state index in [1.807, 2.05) is 72.0 Å². The molecule has 0 spiro atoms. The Labute approximate surface area is 357 Å². The molecule has 0 saturated heterocycles. The Morgan fingerprint density at radius 3 is 1.72 bits per heavy atom. The van der Waals surface area contributed by atoms with Crippen LogP contribution in [-0.2, 0) is 72.2 Å². The van der Waals surface area contributed by atoms with E-state index < -0.39 is 0 Å². The van der Waals surface area contributed by atoms with Gasteiger partial charge in [-0.2, -0.15) is 0 Å². The van der Waals surface area contributed by atoms with Gasteiger partial charge in [-0.1, -0.05) is 24.8 Å². The molecule has 0 aliphatic carbocycles. The Balaban J connectivity index is 0. The van der Waals surface area contributed by atoms with Crippen LogP contribution in [0.25, 0.3) is 0 Å². The summed E-state index contributed by atoms with van der Waals surface area (Å²) in [5, 5.41) is 18.7. The first-order chi connectivity index (χ1) is 28.1. The number of nitrogens with one attached hydrogen (secondary N) is 4. The summed E-state index contributed by atoms with van der Waals surface area (Å²) in [6.07, 6.45) is 4.16. The zero-order valence-electron chi connectivity index (χ0n) is 36.8. The van der Waals surface area contributed by atoms with Gasteiger partial charge in [0.05, 0.1) is 90.1 Å². The summed E-state index contributed by atoms with van der Waals surface area (Å²) >= 11 is 0. The third kappa shape index (κ3) is 39.1. The maximum absolute atomic E-state index is 11.8. The highest BCUT2D eigenvalue weighted by atomic mass is 16.5. The third-order valence-electron chi connectivity index (χ3n) is 7.13. The Morgan fingerprint density at radius 1 is 0.633 bits per heavy atom. The predicted molar refractivity (Wildman–Crippen MR) is 230 cm³/mol. The molecular weight excluding hydrogens is 778 g/mol. The van der Waals surface area contributed by atoms with Crippen molar-refractivity contribution in [3.05, 3.63) is 41.7 Å². The highest BCUT2D eigenvalue weighted by Gasteiger charge is 2.05. The Morgan fingerprint density at radius 2 is 1.17 bits per heavy atom. The van der Waals surface area contributed by atoms with Crippen LogP contribution in [0.5, 0.6) is 0 Å². The van der Waals surface area contributed by atoms with Crippen molar-refractivity contribution in [3.8, 4) is 0 Å². The van der Waals surface area contributed by atoms with Gasteiger partial charge in [0.1, 0.15) is 18.2 Å². The first-order valence-corrected chi connectivity index (χ1v) is 20.2. The molecule has 18 heteroatoms. The van der Waals surface area contributed by atoms with Gasteiger partial charge in [-0.05, 0) is 72.6 Å². The van der Waals surface area contributed by atoms with Crippen molar-refractivity contribution in [3.63, 3.8) is 0 Å². The monoisotopic (exact) mass is 854 g/mol. The zero-order valence-corrected chi connectivity index (χ0v) is 36.8. The van der Waals surface area contributed by atoms with Crippen LogP contribution < -0.4 is 21.3 Å². The summed E-state index contributed by atoms with van der Waals surface area (Å²) in [6.45, 7) is 21.8. The van der Waals surface area contributed by atoms with Crippen LogP contribution in [0.15, 0.2) is 30.5 Å². The molecule has 2 rings (SSSR count). The number of anilines is 1. The van der Waals surface area contributed by atoms with Crippen molar-refractivity contribution in [2.24, 2.45) is 0 Å². The van der Waals surface area contributed by atoms with Crippen molar-refractivity contribution in [1.82, 2.24) is 30.9 Å². The van der Waals surface area contributed by atoms with Crippen LogP contribution in [0.1, 0.15) is 107 Å². The van der Waals surface area contributed by atoms with Crippen LogP contribution in [0.2, 0.25) is 0 Å². The molecule has 2 aromatic rings. The van der Waals surface area contributed by atoms with E-state index >= 15 is 0 Å². The molecule has 1 aromatic heterocycles. The van der Waals surface area contributed by atoms with Gasteiger partial charge in [-0.15, -0.1) is 5.10 Å². The number of nitrogens with zero attached hydrogens (tertiary/aromatic N) is 3. The second kappa shape index (κ2) is 37.7. The highest BCUT2D eigenvalue weighted by molar-refractivity contribution is 5.90. The summed E-state index contributed by atoms with van der Waals surface area (Å²) in [6, 6.07) is 7.61. The molecule has 0 saturated carbocycles. The van der Waals surface area contributed by atoms with Crippen LogP contribution >= 0.6 is 0 Å². The topological polar surface area (TPSA) is 220 Å². The molecule has 0 radical (unpaired) electrons. The van der Waals surface area contributed by atoms with Crippen molar-refractivity contribution >= 4 is 35.1 Å². The molecule has 4 amide bonds. The SMILES string of the molecule is C.CC(=O)CCCOCCC(=O)Nc1ccc(COC(C)C)cc1.CC(=O)NCCOCCC(=O)NCOC(C)C.CC(=O)NCCOCCn1cc(COC(C)C)nn1. The minimum atomic E-state index is -0.106. The first kappa shape index (κ1) is 57.8. The van der Waals surface area contributed by atoms with Gasteiger partial charge < -0.3 is 54.5 Å². The Kier molecular flexibility index (Phi) is 36.3. The van der Waals surface area contributed by atoms with Crippen molar-refractivity contribution < 1.29 is 52.4 Å². The van der Waals surface area contributed by atoms with E-state index in [1.165, 1.54) is 13.8 Å². The molecule has 0 unspecified atom stereocenters. The maximum Gasteiger partial charge on any atom is 0.226 e. The average Bonchev–Trinajstić information content (AvgIpc) is 3.62. The van der Waals surface area contributed by atoms with Gasteiger partial charge in [-0.25, -0.2) is 4.68 Å². The molecular formula is C42H75N7O11. The van der Waals surface area contributed by atoms with E-state index in [0.29, 0.717) is 98.2 Å². The average molecular weight is 854 g/mol. The summed E-state index contributed by atoms with van der Waals surface area (Å²) in [5.41, 5.74) is 2.65. The number of hydrogen-bond acceptors (Lipinski definition) is 13. The maximum atomic E-state index is 11.8. The lowest BCUT2D eigenvalue weighted by Gasteiger charge is -2.09. The van der Waals surface area contributed by atoms with Crippen LogP contribution in [0, 0.1) is 0 Å². The summed E-state index contributed by atoms with van der Waals surface area (Å²) in [5.74, 6) is -0.159. The standard InChI is InChI=1S/C18H27NO4.C12H22N4O3.C11H22N2O4.CH4/c1-14(2)23-13-16-6-8-17(9-7-16)19-18(21)10-12-22-11-4-5-15(3)20;1-10(2)19-9-12-8-16(15-14-12)5-7-18-6-4-13-11(3)17;1-9(2)17-8-13-11(15)4-6-16-7-5-12-10(3)14;/h6-9,14H,4-5,10-13H2,1-3H3,(H,19,21);8,10H,4-7,9H2,1-3H3,(H,13,17);9H,4-8H2,1-3H3,(H,12,14)(H,13,15);1H4. The minimum absolute atomic E-state index is 0. The summed E-state index contributed by atoms with van der Waals surface area (Å²) in [7, 11) is 0. The van der Waals surface area contributed by atoms with E-state index in [-0.39, 0.29) is 61.9 Å². The smallest absolute Gasteiger partial charge is 0.226 e. The third-order valence-corrected chi connectivity index (χ3v) is 7.13. The lowest BCUT2D eigenvalue weighted by Crippen LogP contribution is -2.29. The quantitative estimate of drug-likeness (QED) is 0.0662. The predicted octanol–water partition coefficient (Wildman–Crippen LogP) is 4.35. The first-order valence-electron chi connectivity index (χ1n) is 20.2. The minimum Gasteiger partial charge on any atom is -0.381 e. The zero-order chi connectivity index (χ0) is 44.3. The summed E-state index contributed by atoms with van der Waals surface area (Å²) < 4.78 is 33.7. The fourth-order valence-electron chi connectivity index (χ4n) is 4.13. The number of rotatable bonds is 29. The molecule has 4 N–H and O–H groups in total. The molecule has 60 heavy (non-hydrogen) atoms. The molecule has 0 atom stereocenters. The van der Waals surface area contributed by atoms with Gasteiger partial charge in [0, 0.05) is 45.7 Å². The number of ketones is 1. The van der Waals surface area contributed by atoms with Gasteiger partial charge >= 0.3 is 0 Å². The van der Waals surface area contributed by atoms with Gasteiger partial charge in [0.15, 0.2) is 0 Å². The highest BCUT2D eigenvalue weighted by Crippen LogP contribution is 2.11. The van der Waals surface area contributed by atoms with Crippen molar-refractivity contribution in [2.45, 2.75) is 133 Å². The molecule has 1 heterocycles.